The summed E-state index contributed by atoms with van der Waals surface area (Å²) in [5.41, 5.74) is 0. The van der Waals surface area contributed by atoms with Gasteiger partial charge in [0.25, 0.3) is 0 Å². The molecule has 18 heavy (non-hydrogen) atoms. The summed E-state index contributed by atoms with van der Waals surface area (Å²) in [5, 5.41) is 3.26. The van der Waals surface area contributed by atoms with E-state index in [1.54, 1.807) is 6.33 Å². The fraction of sp³-hybridized carbons (Fsp3) is 0.692. The van der Waals surface area contributed by atoms with E-state index in [1.165, 1.54) is 12.8 Å². The van der Waals surface area contributed by atoms with Crippen LogP contribution in [0.3, 0.4) is 0 Å². The lowest BCUT2D eigenvalue weighted by molar-refractivity contribution is 0.489. The van der Waals surface area contributed by atoms with Gasteiger partial charge in [0, 0.05) is 19.1 Å². The van der Waals surface area contributed by atoms with E-state index in [-0.39, 0.29) is 0 Å². The zero-order valence-corrected chi connectivity index (χ0v) is 12.9. The number of nitrogens with zero attached hydrogens (tertiary/aromatic N) is 3. The van der Waals surface area contributed by atoms with Crippen molar-refractivity contribution in [1.82, 2.24) is 9.97 Å². The van der Waals surface area contributed by atoms with Gasteiger partial charge in [-0.2, -0.15) is 0 Å². The third kappa shape index (κ3) is 2.60. The van der Waals surface area contributed by atoms with E-state index < -0.39 is 0 Å². The molecule has 100 valence electrons. The maximum absolute atomic E-state index is 4.46. The topological polar surface area (TPSA) is 41.1 Å². The summed E-state index contributed by atoms with van der Waals surface area (Å²) in [7, 11) is 0. The quantitative estimate of drug-likeness (QED) is 0.926. The van der Waals surface area contributed by atoms with Crippen LogP contribution in [0, 0.1) is 5.92 Å². The van der Waals surface area contributed by atoms with E-state index in [0.717, 1.165) is 29.2 Å². The first kappa shape index (κ1) is 13.6. The minimum absolute atomic E-state index is 0.589. The molecule has 5 heteroatoms. The molecule has 2 rings (SSSR count). The normalized spacial score (nSPS) is 19.6. The van der Waals surface area contributed by atoms with Gasteiger partial charge >= 0.3 is 0 Å². The molecule has 4 nitrogen and oxygen atoms in total. The Labute approximate surface area is 117 Å². The summed E-state index contributed by atoms with van der Waals surface area (Å²) in [6.07, 6.45) is 4.15. The van der Waals surface area contributed by atoms with Crippen LogP contribution < -0.4 is 10.2 Å². The third-order valence-electron chi connectivity index (χ3n) is 3.46. The van der Waals surface area contributed by atoms with E-state index in [0.29, 0.717) is 12.0 Å². The first-order chi connectivity index (χ1) is 8.65. The molecule has 0 aromatic carbocycles. The van der Waals surface area contributed by atoms with E-state index in [2.05, 4.69) is 56.9 Å². The van der Waals surface area contributed by atoms with E-state index in [9.17, 15) is 0 Å². The van der Waals surface area contributed by atoms with Gasteiger partial charge in [0.2, 0.25) is 0 Å². The molecular weight excluding hydrogens is 292 g/mol. The fourth-order valence-electron chi connectivity index (χ4n) is 2.60. The number of aromatic nitrogens is 2. The summed E-state index contributed by atoms with van der Waals surface area (Å²) in [6.45, 7) is 8.58. The molecule has 1 N–H and O–H groups in total. The Bertz CT molecular complexity index is 408. The van der Waals surface area contributed by atoms with Crippen molar-refractivity contribution in [3.05, 3.63) is 10.8 Å². The van der Waals surface area contributed by atoms with Gasteiger partial charge in [-0.1, -0.05) is 13.8 Å². The van der Waals surface area contributed by atoms with Crippen LogP contribution >= 0.6 is 15.9 Å². The van der Waals surface area contributed by atoms with Crippen LogP contribution in [0.25, 0.3) is 0 Å². The van der Waals surface area contributed by atoms with Crippen LogP contribution in [0.5, 0.6) is 0 Å². The number of rotatable bonds is 4. The van der Waals surface area contributed by atoms with E-state index in [4.69, 9.17) is 0 Å². The smallest absolute Gasteiger partial charge is 0.148 e. The number of anilines is 2. The zero-order chi connectivity index (χ0) is 13.1. The Hall–Kier alpha value is -0.840. The molecule has 0 bridgehead atoms. The summed E-state index contributed by atoms with van der Waals surface area (Å²) < 4.78 is 0.986. The molecule has 1 aliphatic rings. The van der Waals surface area contributed by atoms with Gasteiger partial charge in [-0.05, 0) is 41.6 Å². The minimum atomic E-state index is 0.589. The molecule has 1 aliphatic heterocycles. The van der Waals surface area contributed by atoms with Gasteiger partial charge in [-0.3, -0.25) is 0 Å². The molecule has 1 saturated heterocycles. The van der Waals surface area contributed by atoms with Crippen molar-refractivity contribution in [1.29, 1.82) is 0 Å². The Morgan fingerprint density at radius 1 is 1.50 bits per heavy atom. The number of hydrogen-bond donors (Lipinski definition) is 1. The van der Waals surface area contributed by atoms with Crippen molar-refractivity contribution >= 4 is 27.6 Å². The van der Waals surface area contributed by atoms with E-state index >= 15 is 0 Å². The highest BCUT2D eigenvalue weighted by atomic mass is 79.9. The van der Waals surface area contributed by atoms with Crippen molar-refractivity contribution in [2.45, 2.75) is 39.7 Å². The van der Waals surface area contributed by atoms with Crippen molar-refractivity contribution in [3.8, 4) is 0 Å². The van der Waals surface area contributed by atoms with Crippen molar-refractivity contribution < 1.29 is 0 Å². The molecule has 1 fully saturated rings. The Balaban J connectivity index is 2.30. The summed E-state index contributed by atoms with van der Waals surface area (Å²) in [4.78, 5) is 11.2. The third-order valence-corrected chi connectivity index (χ3v) is 4.19. The van der Waals surface area contributed by atoms with Crippen LogP contribution in [-0.2, 0) is 0 Å². The van der Waals surface area contributed by atoms with Crippen LogP contribution in [0.1, 0.15) is 33.6 Å². The maximum Gasteiger partial charge on any atom is 0.148 e. The first-order valence-electron chi connectivity index (χ1n) is 6.66. The van der Waals surface area contributed by atoms with Crippen LogP contribution in [0.15, 0.2) is 10.8 Å². The maximum atomic E-state index is 4.46. The molecule has 1 atom stereocenters. The van der Waals surface area contributed by atoms with Crippen LogP contribution in [0.4, 0.5) is 11.6 Å². The average molecular weight is 313 g/mol. The number of halogens is 1. The average Bonchev–Trinajstić information content (AvgIpc) is 2.81. The SMILES string of the molecule is CCNc1ncnc(N2CCCC2C(C)C)c1Br. The lowest BCUT2D eigenvalue weighted by Crippen LogP contribution is -2.34. The molecule has 1 unspecified atom stereocenters. The molecule has 2 heterocycles. The second-order valence-electron chi connectivity index (χ2n) is 5.04. The van der Waals surface area contributed by atoms with Gasteiger partial charge in [0.1, 0.15) is 22.4 Å². The van der Waals surface area contributed by atoms with Crippen LogP contribution in [0.2, 0.25) is 0 Å². The highest BCUT2D eigenvalue weighted by Crippen LogP contribution is 2.35. The molecular formula is C13H21BrN4. The monoisotopic (exact) mass is 312 g/mol. The zero-order valence-electron chi connectivity index (χ0n) is 11.3. The predicted octanol–water partition coefficient (Wildman–Crippen LogP) is 3.30. The van der Waals surface area contributed by atoms with Crippen molar-refractivity contribution in [2.75, 3.05) is 23.3 Å². The Morgan fingerprint density at radius 2 is 2.28 bits per heavy atom. The molecule has 0 spiro atoms. The molecule has 0 aliphatic carbocycles. The van der Waals surface area contributed by atoms with Crippen molar-refractivity contribution in [2.24, 2.45) is 5.92 Å². The number of nitrogens with one attached hydrogen (secondary N) is 1. The van der Waals surface area contributed by atoms with Gasteiger partial charge in [-0.15, -0.1) is 0 Å². The molecule has 0 radical (unpaired) electrons. The van der Waals surface area contributed by atoms with E-state index in [1.807, 2.05) is 0 Å². The summed E-state index contributed by atoms with van der Waals surface area (Å²) >= 11 is 3.64. The molecule has 1 aromatic heterocycles. The van der Waals surface area contributed by atoms with Gasteiger partial charge in [-0.25, -0.2) is 9.97 Å². The highest BCUT2D eigenvalue weighted by Gasteiger charge is 2.29. The lowest BCUT2D eigenvalue weighted by Gasteiger charge is -2.29. The summed E-state index contributed by atoms with van der Waals surface area (Å²) in [5.74, 6) is 2.56. The van der Waals surface area contributed by atoms with Crippen LogP contribution in [-0.4, -0.2) is 29.1 Å². The van der Waals surface area contributed by atoms with Gasteiger partial charge in [0.05, 0.1) is 0 Å². The standard InChI is InChI=1S/C13H21BrN4/c1-4-15-12-11(14)13(17-8-16-12)18-7-5-6-10(18)9(2)3/h8-10H,4-7H2,1-3H3,(H,15,16,17). The number of hydrogen-bond acceptors (Lipinski definition) is 4. The van der Waals surface area contributed by atoms with Crippen molar-refractivity contribution in [3.63, 3.8) is 0 Å². The lowest BCUT2D eigenvalue weighted by atomic mass is 10.0. The Kier molecular flexibility index (Phi) is 4.43. The Morgan fingerprint density at radius 3 is 2.94 bits per heavy atom. The first-order valence-corrected chi connectivity index (χ1v) is 7.45. The largest absolute Gasteiger partial charge is 0.369 e. The molecule has 0 amide bonds. The molecule has 1 aromatic rings. The minimum Gasteiger partial charge on any atom is -0.369 e. The van der Waals surface area contributed by atoms with Gasteiger partial charge < -0.3 is 10.2 Å². The fourth-order valence-corrected chi connectivity index (χ4v) is 3.17. The molecule has 0 saturated carbocycles. The second kappa shape index (κ2) is 5.87. The summed E-state index contributed by atoms with van der Waals surface area (Å²) in [6, 6.07) is 0.589. The highest BCUT2D eigenvalue weighted by molar-refractivity contribution is 9.10. The van der Waals surface area contributed by atoms with Gasteiger partial charge in [0.15, 0.2) is 0 Å². The second-order valence-corrected chi connectivity index (χ2v) is 5.83. The predicted molar refractivity (Wildman–Crippen MR) is 79.1 cm³/mol.